The number of nitrogen functional groups attached to an aromatic ring is 1. The standard InChI is InChI=1S/C16H23N3OS/c1-9(2)6-7-19(5)16(20)15-14(17)13-11(4)18-10(3)8-12(13)21-15/h8-9H,6-7,17H2,1-5H3. The summed E-state index contributed by atoms with van der Waals surface area (Å²) >= 11 is 1.47. The number of hydrogen-bond acceptors (Lipinski definition) is 4. The third-order valence-electron chi connectivity index (χ3n) is 3.60. The molecule has 2 N–H and O–H groups in total. The third kappa shape index (κ3) is 3.18. The maximum Gasteiger partial charge on any atom is 0.265 e. The Morgan fingerprint density at radius 2 is 2.10 bits per heavy atom. The Morgan fingerprint density at radius 3 is 2.71 bits per heavy atom. The molecule has 0 aromatic carbocycles. The van der Waals surface area contributed by atoms with E-state index in [0.717, 1.165) is 34.4 Å². The number of rotatable bonds is 4. The lowest BCUT2D eigenvalue weighted by Gasteiger charge is -2.17. The van der Waals surface area contributed by atoms with E-state index in [0.29, 0.717) is 16.5 Å². The fourth-order valence-corrected chi connectivity index (χ4v) is 3.63. The fraction of sp³-hybridized carbons (Fsp3) is 0.500. The minimum Gasteiger partial charge on any atom is -0.397 e. The Morgan fingerprint density at radius 1 is 1.43 bits per heavy atom. The van der Waals surface area contributed by atoms with Crippen molar-refractivity contribution < 1.29 is 4.79 Å². The number of hydrogen-bond donors (Lipinski definition) is 1. The molecule has 0 atom stereocenters. The number of carbonyl (C=O) groups excluding carboxylic acids is 1. The predicted octanol–water partition coefficient (Wildman–Crippen LogP) is 3.61. The van der Waals surface area contributed by atoms with E-state index < -0.39 is 0 Å². The second-order valence-corrected chi connectivity index (χ2v) is 7.03. The number of thiophene rings is 1. The van der Waals surface area contributed by atoms with Gasteiger partial charge in [0, 0.05) is 35.1 Å². The van der Waals surface area contributed by atoms with Crippen molar-refractivity contribution in [2.75, 3.05) is 19.3 Å². The van der Waals surface area contributed by atoms with Gasteiger partial charge in [0.1, 0.15) is 4.88 Å². The molecule has 0 saturated carbocycles. The molecule has 2 heterocycles. The summed E-state index contributed by atoms with van der Waals surface area (Å²) in [5.74, 6) is 0.584. The molecule has 1 amide bonds. The Labute approximate surface area is 130 Å². The summed E-state index contributed by atoms with van der Waals surface area (Å²) in [7, 11) is 1.84. The third-order valence-corrected chi connectivity index (χ3v) is 4.74. The van der Waals surface area contributed by atoms with Crippen LogP contribution in [-0.4, -0.2) is 29.4 Å². The van der Waals surface area contributed by atoms with Gasteiger partial charge in [-0.3, -0.25) is 9.78 Å². The van der Waals surface area contributed by atoms with E-state index in [2.05, 4.69) is 18.8 Å². The molecule has 0 radical (unpaired) electrons. The van der Waals surface area contributed by atoms with Crippen LogP contribution in [0.25, 0.3) is 10.1 Å². The normalized spacial score (nSPS) is 11.3. The lowest BCUT2D eigenvalue weighted by atomic mass is 10.1. The number of pyridine rings is 1. The topological polar surface area (TPSA) is 59.2 Å². The smallest absolute Gasteiger partial charge is 0.265 e. The zero-order chi connectivity index (χ0) is 15.7. The highest BCUT2D eigenvalue weighted by Gasteiger charge is 2.21. The molecule has 5 heteroatoms. The van der Waals surface area contributed by atoms with E-state index in [1.54, 1.807) is 4.90 Å². The first-order valence-electron chi connectivity index (χ1n) is 7.23. The number of nitrogens with two attached hydrogens (primary N) is 1. The van der Waals surface area contributed by atoms with Crippen molar-refractivity contribution in [3.05, 3.63) is 22.3 Å². The van der Waals surface area contributed by atoms with E-state index in [4.69, 9.17) is 5.73 Å². The van der Waals surface area contributed by atoms with Crippen LogP contribution < -0.4 is 5.73 Å². The number of aryl methyl sites for hydroxylation is 2. The van der Waals surface area contributed by atoms with Gasteiger partial charge in [0.2, 0.25) is 0 Å². The predicted molar refractivity (Wildman–Crippen MR) is 89.9 cm³/mol. The van der Waals surface area contributed by atoms with Crippen LogP contribution in [0, 0.1) is 19.8 Å². The minimum atomic E-state index is 0.00593. The van der Waals surface area contributed by atoms with Crippen LogP contribution >= 0.6 is 11.3 Å². The van der Waals surface area contributed by atoms with Gasteiger partial charge in [-0.2, -0.15) is 0 Å². The summed E-state index contributed by atoms with van der Waals surface area (Å²) in [5, 5.41) is 0.922. The van der Waals surface area contributed by atoms with Crippen molar-refractivity contribution in [1.29, 1.82) is 0 Å². The van der Waals surface area contributed by atoms with Gasteiger partial charge < -0.3 is 10.6 Å². The first kappa shape index (κ1) is 15.8. The maximum absolute atomic E-state index is 12.6. The van der Waals surface area contributed by atoms with Crippen molar-refractivity contribution >= 4 is 33.0 Å². The van der Waals surface area contributed by atoms with Gasteiger partial charge >= 0.3 is 0 Å². The molecular weight excluding hydrogens is 282 g/mol. The molecule has 4 nitrogen and oxygen atoms in total. The van der Waals surface area contributed by atoms with Gasteiger partial charge in [-0.1, -0.05) is 13.8 Å². The molecule has 0 aliphatic carbocycles. The van der Waals surface area contributed by atoms with Crippen LogP contribution in [0.1, 0.15) is 41.3 Å². The van der Waals surface area contributed by atoms with Crippen LogP contribution in [0.2, 0.25) is 0 Å². The zero-order valence-corrected chi connectivity index (χ0v) is 14.2. The van der Waals surface area contributed by atoms with Gasteiger partial charge in [0.05, 0.1) is 5.69 Å². The zero-order valence-electron chi connectivity index (χ0n) is 13.4. The molecule has 0 saturated heterocycles. The summed E-state index contributed by atoms with van der Waals surface area (Å²) in [6.45, 7) is 8.96. The molecule has 114 valence electrons. The quantitative estimate of drug-likeness (QED) is 0.938. The molecule has 0 aliphatic rings. The van der Waals surface area contributed by atoms with Crippen molar-refractivity contribution in [3.63, 3.8) is 0 Å². The van der Waals surface area contributed by atoms with Crippen molar-refractivity contribution in [2.24, 2.45) is 5.92 Å². The average molecular weight is 305 g/mol. The van der Waals surface area contributed by atoms with E-state index in [-0.39, 0.29) is 5.91 Å². The van der Waals surface area contributed by atoms with Crippen molar-refractivity contribution in [1.82, 2.24) is 9.88 Å². The first-order valence-corrected chi connectivity index (χ1v) is 8.04. The van der Waals surface area contributed by atoms with E-state index in [9.17, 15) is 4.79 Å². The van der Waals surface area contributed by atoms with Crippen molar-refractivity contribution in [2.45, 2.75) is 34.1 Å². The molecule has 21 heavy (non-hydrogen) atoms. The number of carbonyl (C=O) groups is 1. The highest BCUT2D eigenvalue weighted by atomic mass is 32.1. The number of aromatic nitrogens is 1. The van der Waals surface area contributed by atoms with Crippen LogP contribution in [0.3, 0.4) is 0 Å². The molecule has 0 spiro atoms. The number of amides is 1. The highest BCUT2D eigenvalue weighted by molar-refractivity contribution is 7.21. The molecule has 0 aliphatic heterocycles. The Bertz CT molecular complexity index is 676. The Balaban J connectivity index is 2.36. The number of nitrogens with zero attached hydrogens (tertiary/aromatic N) is 2. The number of fused-ring (bicyclic) bond motifs is 1. The maximum atomic E-state index is 12.6. The minimum absolute atomic E-state index is 0.00593. The lowest BCUT2D eigenvalue weighted by Crippen LogP contribution is -2.28. The molecule has 2 aromatic rings. The van der Waals surface area contributed by atoms with E-state index >= 15 is 0 Å². The van der Waals surface area contributed by atoms with Crippen LogP contribution in [0.5, 0.6) is 0 Å². The molecule has 0 bridgehead atoms. The molecular formula is C16H23N3OS. The van der Waals surface area contributed by atoms with Crippen LogP contribution in [0.15, 0.2) is 6.07 Å². The highest BCUT2D eigenvalue weighted by Crippen LogP contribution is 2.36. The summed E-state index contributed by atoms with van der Waals surface area (Å²) in [5.41, 5.74) is 8.62. The summed E-state index contributed by atoms with van der Waals surface area (Å²) in [6.07, 6.45) is 0.993. The van der Waals surface area contributed by atoms with Gasteiger partial charge in [-0.05, 0) is 32.3 Å². The van der Waals surface area contributed by atoms with Crippen LogP contribution in [-0.2, 0) is 0 Å². The summed E-state index contributed by atoms with van der Waals surface area (Å²) < 4.78 is 1.04. The monoisotopic (exact) mass is 305 g/mol. The Kier molecular flexibility index (Phi) is 4.52. The molecule has 0 unspecified atom stereocenters. The second kappa shape index (κ2) is 6.02. The summed E-state index contributed by atoms with van der Waals surface area (Å²) in [6, 6.07) is 1.99. The van der Waals surface area contributed by atoms with E-state index in [1.165, 1.54) is 11.3 Å². The molecule has 2 rings (SSSR count). The lowest BCUT2D eigenvalue weighted by molar-refractivity contribution is 0.0795. The van der Waals surface area contributed by atoms with Gasteiger partial charge in [0.15, 0.2) is 0 Å². The van der Waals surface area contributed by atoms with Crippen molar-refractivity contribution in [3.8, 4) is 0 Å². The van der Waals surface area contributed by atoms with Crippen LogP contribution in [0.4, 0.5) is 5.69 Å². The van der Waals surface area contributed by atoms with E-state index in [1.807, 2.05) is 27.0 Å². The largest absolute Gasteiger partial charge is 0.397 e. The number of anilines is 1. The van der Waals surface area contributed by atoms with Gasteiger partial charge in [-0.15, -0.1) is 11.3 Å². The molecule has 0 fully saturated rings. The SMILES string of the molecule is Cc1cc2sc(C(=O)N(C)CCC(C)C)c(N)c2c(C)n1. The first-order chi connectivity index (χ1) is 9.81. The van der Waals surface area contributed by atoms with Gasteiger partial charge in [0.25, 0.3) is 5.91 Å². The van der Waals surface area contributed by atoms with Gasteiger partial charge in [-0.25, -0.2) is 0 Å². The molecule has 2 aromatic heterocycles. The second-order valence-electron chi connectivity index (χ2n) is 5.98. The fourth-order valence-electron chi connectivity index (χ4n) is 2.37. The average Bonchev–Trinajstić information content (AvgIpc) is 2.72. The Hall–Kier alpha value is -1.62. The summed E-state index contributed by atoms with van der Waals surface area (Å²) in [4.78, 5) is 19.4.